The van der Waals surface area contributed by atoms with Crippen LogP contribution in [0.5, 0.6) is 0 Å². The molecule has 9 aromatic carbocycles. The number of piperidine rings is 1. The molecular weight excluding hydrogens is 1730 g/mol. The summed E-state index contributed by atoms with van der Waals surface area (Å²) in [4.78, 5) is 46.4. The zero-order chi connectivity index (χ0) is 90.3. The van der Waals surface area contributed by atoms with Gasteiger partial charge in [0, 0.05) is 165 Å². The van der Waals surface area contributed by atoms with Crippen molar-refractivity contribution in [1.82, 2.24) is 43.9 Å². The Morgan fingerprint density at radius 3 is 1.17 bits per heavy atom. The maximum Gasteiger partial charge on any atom is 0.410 e. The summed E-state index contributed by atoms with van der Waals surface area (Å²) in [5.74, 6) is 0. The molecule has 4 atom stereocenters. The Bertz CT molecular complexity index is 5830. The number of nitrogens with zero attached hydrogens (tertiary/aromatic N) is 7. The molecule has 20 heteroatoms. The second-order valence-corrected chi connectivity index (χ2v) is 51.7. The molecule has 0 aliphatic carbocycles. The van der Waals surface area contributed by atoms with E-state index in [2.05, 4.69) is 391 Å². The van der Waals surface area contributed by atoms with Gasteiger partial charge in [0.25, 0.3) is 0 Å². The second kappa shape index (κ2) is 42.0. The number of aromatic nitrogens is 5. The van der Waals surface area contributed by atoms with E-state index in [4.69, 9.17) is 9.47 Å². The molecule has 9 heterocycles. The molecule has 4 saturated heterocycles. The van der Waals surface area contributed by atoms with Gasteiger partial charge in [0.05, 0.1) is 12.1 Å². The number of carbonyl (C=O) groups is 2. The third kappa shape index (κ3) is 25.3. The third-order valence-corrected chi connectivity index (χ3v) is 37.6. The van der Waals surface area contributed by atoms with Crippen molar-refractivity contribution in [2.75, 3.05) is 80.1 Å². The van der Waals surface area contributed by atoms with Crippen LogP contribution in [0.4, 0.5) is 26.7 Å². The van der Waals surface area contributed by atoms with Crippen LogP contribution >= 0.6 is 31.9 Å². The molecule has 14 aromatic rings. The Hall–Kier alpha value is -10.1. The van der Waals surface area contributed by atoms with Crippen molar-refractivity contribution in [3.63, 3.8) is 0 Å². The molecule has 5 aromatic heterocycles. The molecule has 127 heavy (non-hydrogen) atoms. The number of H-pyrrole nitrogens is 3. The highest BCUT2D eigenvalue weighted by Gasteiger charge is 2.41. The van der Waals surface area contributed by atoms with Gasteiger partial charge in [0.2, 0.25) is 0 Å². The van der Waals surface area contributed by atoms with Gasteiger partial charge in [0.1, 0.15) is 11.2 Å². The van der Waals surface area contributed by atoms with Gasteiger partial charge in [-0.1, -0.05) is 227 Å². The summed E-state index contributed by atoms with van der Waals surface area (Å²) in [5, 5.41) is 14.1. The summed E-state index contributed by atoms with van der Waals surface area (Å²) >= 11 is 6.94. The number of amides is 2. The number of hydrogen-bond donors (Lipinski definition) is 5. The monoisotopic (exact) mass is 1870 g/mol. The Balaban J connectivity index is 0.000000136. The number of halogens is 2. The summed E-state index contributed by atoms with van der Waals surface area (Å²) in [7, 11) is -3.22. The van der Waals surface area contributed by atoms with Crippen LogP contribution < -0.4 is 25.3 Å². The molecule has 0 saturated carbocycles. The molecule has 2 amide bonds. The molecule has 0 bridgehead atoms. The average molecular weight is 1870 g/mol. The lowest BCUT2D eigenvalue weighted by Crippen LogP contribution is -2.56. The van der Waals surface area contributed by atoms with Crippen LogP contribution in [0.25, 0.3) is 54.5 Å². The minimum Gasteiger partial charge on any atom is -0.444 e. The van der Waals surface area contributed by atoms with Crippen LogP contribution in [0.3, 0.4) is 0 Å². The standard InChI is InChI=1S/C30H43N3O2Si.C24H29N3O2.C19H21N3.C14H20BrNSi.C12H17N.C8H6BrN/c1-29(2,3)35-28(34)31-18-19-32(26(22-31)20-23-12-10-9-11-13-23)25-14-15-27-24(21-25)16-17-33(27)36(7,8)30(4,5)6;1-24(2,3)29-23(28)26-13-14-27(20-9-10-22-19(16-20)11-12-25-22)21(17-26)15-18-7-5-4-6-8-18;1-2-4-15(5-3-1)12-18-14-20-10-11-22(18)17-6-7-19-16(13-17)8-9-21-19;1-14(2,3)17(4,5)16-9-8-11-10-12(15)6-7-13(11)16;1-2-6-11(7-3-1)10-12-8-4-5-9-13-12;9-7-1-2-8-6(5-7)3-4-10-8/h9-17,21,26H,18-20,22H2,1-8H3;4-12,16,21,25H,13-15,17H2,1-3H3;1-9,13,18,20-21H,10-12,14H2;6-10H,1-5H3;1-3,6-7,12-13H,4-5,8-10H2;1-5,10H. The summed E-state index contributed by atoms with van der Waals surface area (Å²) in [6.07, 6.45) is 18.1. The average Bonchev–Trinajstić information content (AvgIpc) is 1.63. The highest BCUT2D eigenvalue weighted by atomic mass is 79.9. The zero-order valence-electron chi connectivity index (χ0n) is 77.8. The number of ether oxygens (including phenoxy) is 2. The summed E-state index contributed by atoms with van der Waals surface area (Å²) in [6, 6.07) is 87.9. The molecule has 4 aliphatic heterocycles. The van der Waals surface area contributed by atoms with Gasteiger partial charge < -0.3 is 68.0 Å². The van der Waals surface area contributed by atoms with E-state index in [1.807, 2.05) is 82.1 Å². The van der Waals surface area contributed by atoms with E-state index in [0.717, 1.165) is 72.5 Å². The Labute approximate surface area is 774 Å². The molecule has 5 N–H and O–H groups in total. The highest BCUT2D eigenvalue weighted by Crippen LogP contribution is 2.42. The van der Waals surface area contributed by atoms with E-state index in [1.54, 1.807) is 0 Å². The third-order valence-electron chi connectivity index (χ3n) is 26.1. The lowest BCUT2D eigenvalue weighted by molar-refractivity contribution is 0.0204. The van der Waals surface area contributed by atoms with Crippen molar-refractivity contribution in [3.8, 4) is 0 Å². The van der Waals surface area contributed by atoms with Crippen molar-refractivity contribution in [3.05, 3.63) is 305 Å². The number of hydrogen-bond acceptors (Lipinski definition) is 9. The molecular formula is C107H136Br2N12O4Si2. The van der Waals surface area contributed by atoms with Gasteiger partial charge in [-0.25, -0.2) is 9.59 Å². The Kier molecular flexibility index (Phi) is 31.3. The first kappa shape index (κ1) is 94.5. The smallest absolute Gasteiger partial charge is 0.410 e. The molecule has 0 radical (unpaired) electrons. The fraction of sp³-hybridized carbons (Fsp3) is 0.383. The van der Waals surface area contributed by atoms with Crippen LogP contribution in [-0.4, -0.2) is 163 Å². The van der Waals surface area contributed by atoms with Crippen molar-refractivity contribution < 1.29 is 19.1 Å². The van der Waals surface area contributed by atoms with E-state index in [1.165, 1.54) is 121 Å². The molecule has 16 nitrogen and oxygen atoms in total. The van der Waals surface area contributed by atoms with Crippen molar-refractivity contribution in [2.45, 2.75) is 200 Å². The Morgan fingerprint density at radius 2 is 0.748 bits per heavy atom. The number of fused-ring (bicyclic) bond motifs is 5. The van der Waals surface area contributed by atoms with E-state index in [9.17, 15) is 9.59 Å². The van der Waals surface area contributed by atoms with Gasteiger partial charge in [-0.2, -0.15) is 0 Å². The number of rotatable bonds is 13. The lowest BCUT2D eigenvalue weighted by Gasteiger charge is -2.43. The van der Waals surface area contributed by atoms with E-state index in [-0.39, 0.29) is 29.3 Å². The molecule has 4 unspecified atom stereocenters. The van der Waals surface area contributed by atoms with E-state index in [0.29, 0.717) is 37.3 Å². The van der Waals surface area contributed by atoms with Crippen molar-refractivity contribution in [2.24, 2.45) is 0 Å². The SMILES string of the molecule is Brc1ccc2[nH]ccc2c1.CC(C)(C)OC(=O)N1CCN(c2ccc3[nH]ccc3c2)C(Cc2ccccc2)C1.CC(C)(C)OC(=O)N1CCN(c2ccc3c(ccn3[Si](C)(C)C(C)(C)C)c2)C(Cc2ccccc2)C1.CC(C)(C)[Si](C)(C)n1ccc2cc(Br)ccc21.c1ccc(CC2CCCCN2)cc1.c1ccc(CC2CNCCN2c2ccc3[nH]ccc3c2)cc1. The molecule has 18 rings (SSSR count). The number of anilines is 3. The van der Waals surface area contributed by atoms with Crippen LogP contribution in [0.2, 0.25) is 36.3 Å². The second-order valence-electron chi connectivity index (χ2n) is 39.6. The van der Waals surface area contributed by atoms with Gasteiger partial charge in [-0.15, -0.1) is 0 Å². The number of aromatic amines is 3. The summed E-state index contributed by atoms with van der Waals surface area (Å²) < 4.78 is 18.7. The van der Waals surface area contributed by atoms with Gasteiger partial charge in [-0.05, 0) is 258 Å². The molecule has 4 aliphatic rings. The van der Waals surface area contributed by atoms with Crippen molar-refractivity contribution >= 4 is 132 Å². The zero-order valence-corrected chi connectivity index (χ0v) is 83.0. The van der Waals surface area contributed by atoms with Crippen LogP contribution in [-0.2, 0) is 35.2 Å². The van der Waals surface area contributed by atoms with Gasteiger partial charge in [-0.3, -0.25) is 0 Å². The largest absolute Gasteiger partial charge is 0.444 e. The predicted molar refractivity (Wildman–Crippen MR) is 547 cm³/mol. The van der Waals surface area contributed by atoms with Crippen LogP contribution in [0, 0.1) is 0 Å². The minimum atomic E-state index is -1.71. The predicted octanol–water partition coefficient (Wildman–Crippen LogP) is 25.7. The Morgan fingerprint density at radius 1 is 0.386 bits per heavy atom. The number of piperazine rings is 3. The first-order valence-corrected chi connectivity index (χ1v) is 53.2. The maximum absolute atomic E-state index is 12.9. The van der Waals surface area contributed by atoms with Crippen LogP contribution in [0.1, 0.15) is 125 Å². The topological polar surface area (TPSA) is 150 Å². The van der Waals surface area contributed by atoms with Crippen LogP contribution in [0.15, 0.2) is 283 Å². The fourth-order valence-corrected chi connectivity index (χ4v) is 22.0. The number of nitrogens with one attached hydrogen (secondary N) is 5. The quantitative estimate of drug-likeness (QED) is 0.0711. The van der Waals surface area contributed by atoms with Crippen molar-refractivity contribution in [1.29, 1.82) is 0 Å². The number of carbonyl (C=O) groups excluding carboxylic acids is 2. The molecule has 670 valence electrons. The number of benzene rings is 9. The lowest BCUT2D eigenvalue weighted by atomic mass is 9.98. The van der Waals surface area contributed by atoms with E-state index < -0.39 is 27.7 Å². The minimum absolute atomic E-state index is 0.175. The van der Waals surface area contributed by atoms with E-state index >= 15 is 0 Å². The first-order chi connectivity index (χ1) is 60.6. The molecule has 0 spiro atoms. The van der Waals surface area contributed by atoms with Gasteiger partial charge in [0.15, 0.2) is 16.5 Å². The normalized spacial score (nSPS) is 17.2. The summed E-state index contributed by atoms with van der Waals surface area (Å²) in [5.41, 5.74) is 14.4. The molecule has 4 fully saturated rings. The maximum atomic E-state index is 12.9. The summed E-state index contributed by atoms with van der Waals surface area (Å²) in [6.45, 7) is 44.0. The highest BCUT2D eigenvalue weighted by molar-refractivity contribution is 9.10. The van der Waals surface area contributed by atoms with Gasteiger partial charge >= 0.3 is 12.2 Å². The first-order valence-electron chi connectivity index (χ1n) is 45.7. The fourth-order valence-electron chi connectivity index (χ4n) is 17.2.